The van der Waals surface area contributed by atoms with Crippen molar-refractivity contribution in [1.29, 1.82) is 0 Å². The number of aryl methyl sites for hydroxylation is 1. The van der Waals surface area contributed by atoms with Gasteiger partial charge in [-0.1, -0.05) is 48.7 Å². The summed E-state index contributed by atoms with van der Waals surface area (Å²) < 4.78 is 1.83. The number of hydrogen-bond acceptors (Lipinski definition) is 2. The van der Waals surface area contributed by atoms with Crippen molar-refractivity contribution < 1.29 is 0 Å². The Kier molecular flexibility index (Phi) is 5.00. The van der Waals surface area contributed by atoms with Gasteiger partial charge in [0.05, 0.1) is 10.9 Å². The minimum atomic E-state index is 0.0566. The van der Waals surface area contributed by atoms with Gasteiger partial charge in [-0.15, -0.1) is 0 Å². The summed E-state index contributed by atoms with van der Waals surface area (Å²) in [6, 6.07) is 13.6. The maximum absolute atomic E-state index is 13.0. The molecule has 0 amide bonds. The molecule has 0 spiro atoms. The van der Waals surface area contributed by atoms with Crippen molar-refractivity contribution in [3.05, 3.63) is 74.8 Å². The average molecular weight is 341 g/mol. The maximum atomic E-state index is 13.0. The molecule has 0 N–H and O–H groups in total. The van der Waals surface area contributed by atoms with Crippen molar-refractivity contribution in [1.82, 2.24) is 9.55 Å². The van der Waals surface area contributed by atoms with Gasteiger partial charge >= 0.3 is 0 Å². The molecule has 0 unspecified atom stereocenters. The fourth-order valence-corrected chi connectivity index (χ4v) is 2.97. The van der Waals surface area contributed by atoms with Gasteiger partial charge in [-0.05, 0) is 43.2 Å². The van der Waals surface area contributed by atoms with E-state index in [4.69, 9.17) is 16.6 Å². The molecule has 0 fully saturated rings. The molecule has 0 atom stereocenters. The smallest absolute Gasteiger partial charge is 0.261 e. The highest BCUT2D eigenvalue weighted by atomic mass is 35.5. The minimum absolute atomic E-state index is 0.0566. The van der Waals surface area contributed by atoms with Crippen molar-refractivity contribution in [2.75, 3.05) is 0 Å². The first-order valence-electron chi connectivity index (χ1n) is 8.33. The van der Waals surface area contributed by atoms with E-state index in [-0.39, 0.29) is 5.56 Å². The fourth-order valence-electron chi connectivity index (χ4n) is 2.85. The Hall–Kier alpha value is -2.13. The molecule has 1 heterocycles. The number of unbranched alkanes of at least 4 members (excludes halogenated alkanes) is 1. The Morgan fingerprint density at radius 2 is 1.88 bits per heavy atom. The van der Waals surface area contributed by atoms with Crippen LogP contribution in [0.3, 0.4) is 0 Å². The van der Waals surface area contributed by atoms with Gasteiger partial charge in [0.2, 0.25) is 0 Å². The maximum Gasteiger partial charge on any atom is 0.261 e. The minimum Gasteiger partial charge on any atom is -0.296 e. The van der Waals surface area contributed by atoms with Gasteiger partial charge in [-0.3, -0.25) is 9.36 Å². The normalized spacial score (nSPS) is 11.1. The van der Waals surface area contributed by atoms with Gasteiger partial charge in [0.25, 0.3) is 5.56 Å². The van der Waals surface area contributed by atoms with Gasteiger partial charge in [0.15, 0.2) is 0 Å². The Morgan fingerprint density at radius 3 is 2.58 bits per heavy atom. The van der Waals surface area contributed by atoms with Gasteiger partial charge < -0.3 is 0 Å². The van der Waals surface area contributed by atoms with E-state index in [0.29, 0.717) is 23.4 Å². The summed E-state index contributed by atoms with van der Waals surface area (Å²) in [7, 11) is 0. The van der Waals surface area contributed by atoms with Gasteiger partial charge in [0.1, 0.15) is 5.82 Å². The predicted octanol–water partition coefficient (Wildman–Crippen LogP) is 4.75. The lowest BCUT2D eigenvalue weighted by molar-refractivity contribution is 0.583. The summed E-state index contributed by atoms with van der Waals surface area (Å²) in [5.74, 6) is 0.812. The molecule has 1 aromatic heterocycles. The summed E-state index contributed by atoms with van der Waals surface area (Å²) >= 11 is 5.96. The molecule has 0 aliphatic carbocycles. The van der Waals surface area contributed by atoms with Crippen molar-refractivity contribution in [2.24, 2.45) is 0 Å². The second-order valence-electron chi connectivity index (χ2n) is 6.16. The van der Waals surface area contributed by atoms with Crippen molar-refractivity contribution in [2.45, 2.75) is 39.7 Å². The molecule has 0 aliphatic rings. The van der Waals surface area contributed by atoms with E-state index in [9.17, 15) is 4.79 Å². The summed E-state index contributed by atoms with van der Waals surface area (Å²) in [6.45, 7) is 4.83. The van der Waals surface area contributed by atoms with Crippen LogP contribution in [0.2, 0.25) is 5.02 Å². The van der Waals surface area contributed by atoms with Crippen LogP contribution in [-0.2, 0) is 13.0 Å². The Balaban J connectivity index is 2.11. The molecular weight excluding hydrogens is 320 g/mol. The number of fused-ring (bicyclic) bond motifs is 1. The summed E-state index contributed by atoms with van der Waals surface area (Å²) in [6.07, 6.45) is 2.63. The lowest BCUT2D eigenvalue weighted by atomic mass is 10.1. The molecule has 24 heavy (non-hydrogen) atoms. The second-order valence-corrected chi connectivity index (χ2v) is 6.60. The number of nitrogens with zero attached hydrogens (tertiary/aromatic N) is 2. The SMILES string of the molecule is CCCCn1c(Cc2ccc(Cl)cc2)nc2ccc(C)cc2c1=O. The lowest BCUT2D eigenvalue weighted by Gasteiger charge is -2.14. The van der Waals surface area contributed by atoms with Crippen LogP contribution in [0, 0.1) is 6.92 Å². The first-order chi connectivity index (χ1) is 11.6. The first-order valence-corrected chi connectivity index (χ1v) is 8.71. The van der Waals surface area contributed by atoms with E-state index in [1.54, 1.807) is 0 Å². The molecule has 0 aliphatic heterocycles. The molecular formula is C20H21ClN2O. The highest BCUT2D eigenvalue weighted by molar-refractivity contribution is 6.30. The highest BCUT2D eigenvalue weighted by Crippen LogP contribution is 2.16. The standard InChI is InChI=1S/C20H21ClN2O/c1-3-4-11-23-19(13-15-6-8-16(21)9-7-15)22-18-10-5-14(2)12-17(18)20(23)24/h5-10,12H,3-4,11,13H2,1-2H3. The highest BCUT2D eigenvalue weighted by Gasteiger charge is 2.11. The molecule has 124 valence electrons. The van der Waals surface area contributed by atoms with Crippen molar-refractivity contribution >= 4 is 22.5 Å². The van der Waals surface area contributed by atoms with E-state index < -0.39 is 0 Å². The van der Waals surface area contributed by atoms with Crippen LogP contribution in [0.25, 0.3) is 10.9 Å². The Labute approximate surface area is 146 Å². The number of halogens is 1. The summed E-state index contributed by atoms with van der Waals surface area (Å²) in [5, 5.41) is 1.41. The van der Waals surface area contributed by atoms with Crippen LogP contribution in [0.5, 0.6) is 0 Å². The zero-order valence-electron chi connectivity index (χ0n) is 14.1. The summed E-state index contributed by atoms with van der Waals surface area (Å²) in [4.78, 5) is 17.7. The third-order valence-corrected chi connectivity index (χ3v) is 4.45. The van der Waals surface area contributed by atoms with Gasteiger partial charge in [-0.25, -0.2) is 4.98 Å². The molecule has 0 radical (unpaired) electrons. The Bertz CT molecular complexity index is 913. The molecule has 0 saturated heterocycles. The molecule has 3 aromatic rings. The van der Waals surface area contributed by atoms with Crippen molar-refractivity contribution in [3.63, 3.8) is 0 Å². The quantitative estimate of drug-likeness (QED) is 0.671. The van der Waals surface area contributed by atoms with Crippen LogP contribution < -0.4 is 5.56 Å². The van der Waals surface area contributed by atoms with E-state index in [0.717, 1.165) is 35.3 Å². The zero-order chi connectivity index (χ0) is 17.1. The van der Waals surface area contributed by atoms with E-state index in [1.165, 1.54) is 0 Å². The second kappa shape index (κ2) is 7.18. The third-order valence-electron chi connectivity index (χ3n) is 4.20. The molecule has 0 saturated carbocycles. The molecule has 2 aromatic carbocycles. The van der Waals surface area contributed by atoms with Crippen LogP contribution in [0.4, 0.5) is 0 Å². The zero-order valence-corrected chi connectivity index (χ0v) is 14.8. The molecule has 0 bridgehead atoms. The number of hydrogen-bond donors (Lipinski definition) is 0. The summed E-state index contributed by atoms with van der Waals surface area (Å²) in [5.41, 5.74) is 3.00. The molecule has 3 rings (SSSR count). The van der Waals surface area contributed by atoms with Gasteiger partial charge in [-0.2, -0.15) is 0 Å². The van der Waals surface area contributed by atoms with Crippen molar-refractivity contribution in [3.8, 4) is 0 Å². The number of aromatic nitrogens is 2. The largest absolute Gasteiger partial charge is 0.296 e. The monoisotopic (exact) mass is 340 g/mol. The first kappa shape index (κ1) is 16.7. The number of rotatable bonds is 5. The molecule has 4 heteroatoms. The number of benzene rings is 2. The van der Waals surface area contributed by atoms with Crippen LogP contribution in [0.15, 0.2) is 47.3 Å². The lowest BCUT2D eigenvalue weighted by Crippen LogP contribution is -2.26. The topological polar surface area (TPSA) is 34.9 Å². The fraction of sp³-hybridized carbons (Fsp3) is 0.300. The predicted molar refractivity (Wildman–Crippen MR) is 99.9 cm³/mol. The van der Waals surface area contributed by atoms with E-state index >= 15 is 0 Å². The van der Waals surface area contributed by atoms with Crippen LogP contribution in [0.1, 0.15) is 36.7 Å². The molecule has 3 nitrogen and oxygen atoms in total. The van der Waals surface area contributed by atoms with Crippen LogP contribution in [-0.4, -0.2) is 9.55 Å². The van der Waals surface area contributed by atoms with Crippen LogP contribution >= 0.6 is 11.6 Å². The average Bonchev–Trinajstić information content (AvgIpc) is 2.57. The third kappa shape index (κ3) is 3.51. The van der Waals surface area contributed by atoms with Gasteiger partial charge in [0, 0.05) is 18.0 Å². The Morgan fingerprint density at radius 1 is 1.12 bits per heavy atom. The van der Waals surface area contributed by atoms with E-state index in [1.807, 2.05) is 54.0 Å². The van der Waals surface area contributed by atoms with E-state index in [2.05, 4.69) is 6.92 Å².